The van der Waals surface area contributed by atoms with Crippen molar-refractivity contribution in [1.82, 2.24) is 20.0 Å². The molecule has 2 amide bonds. The summed E-state index contributed by atoms with van der Waals surface area (Å²) < 4.78 is 15.7. The highest BCUT2D eigenvalue weighted by atomic mass is 35.5. The van der Waals surface area contributed by atoms with Crippen LogP contribution in [0.3, 0.4) is 0 Å². The minimum Gasteiger partial charge on any atom is -0.344 e. The molecule has 0 fully saturated rings. The fraction of sp³-hybridized carbons (Fsp3) is 0.292. The predicted octanol–water partition coefficient (Wildman–Crippen LogP) is 4.14. The lowest BCUT2D eigenvalue weighted by Crippen LogP contribution is -2.40. The Labute approximate surface area is 190 Å². The second-order valence-corrected chi connectivity index (χ2v) is 8.59. The van der Waals surface area contributed by atoms with Gasteiger partial charge in [0.2, 0.25) is 0 Å². The molecule has 6 nitrogen and oxygen atoms in total. The Kier molecular flexibility index (Phi) is 5.43. The molecule has 0 spiro atoms. The van der Waals surface area contributed by atoms with E-state index in [2.05, 4.69) is 16.5 Å². The highest BCUT2D eigenvalue weighted by Crippen LogP contribution is 2.30. The van der Waals surface area contributed by atoms with Crippen molar-refractivity contribution in [3.8, 4) is 0 Å². The van der Waals surface area contributed by atoms with E-state index in [4.69, 9.17) is 11.6 Å². The van der Waals surface area contributed by atoms with Crippen molar-refractivity contribution in [3.05, 3.63) is 87.4 Å². The molecule has 1 aliphatic heterocycles. The smallest absolute Gasteiger partial charge is 0.272 e. The normalized spacial score (nSPS) is 17.6. The van der Waals surface area contributed by atoms with Gasteiger partial charge in [0.15, 0.2) is 5.69 Å². The van der Waals surface area contributed by atoms with Crippen molar-refractivity contribution >= 4 is 23.4 Å². The number of amides is 2. The Balaban J connectivity index is 1.33. The van der Waals surface area contributed by atoms with Gasteiger partial charge in [0.1, 0.15) is 11.5 Å². The number of benzene rings is 2. The number of aromatic nitrogens is 2. The molecule has 0 saturated carbocycles. The zero-order chi connectivity index (χ0) is 22.2. The molecule has 2 aliphatic rings. The predicted molar refractivity (Wildman–Crippen MR) is 118 cm³/mol. The molecule has 8 heteroatoms. The number of carbonyl (C=O) groups is 2. The molecule has 1 atom stereocenters. The second kappa shape index (κ2) is 8.39. The van der Waals surface area contributed by atoms with E-state index >= 15 is 0 Å². The summed E-state index contributed by atoms with van der Waals surface area (Å²) in [5.41, 5.74) is 3.20. The monoisotopic (exact) mass is 452 g/mol. The highest BCUT2D eigenvalue weighted by Gasteiger charge is 2.30. The van der Waals surface area contributed by atoms with Gasteiger partial charge in [-0.1, -0.05) is 41.9 Å². The Morgan fingerprint density at radius 1 is 1.19 bits per heavy atom. The maximum absolute atomic E-state index is 14.2. The highest BCUT2D eigenvalue weighted by molar-refractivity contribution is 6.31. The van der Waals surface area contributed by atoms with Gasteiger partial charge in [0.25, 0.3) is 11.8 Å². The molecular weight excluding hydrogens is 431 g/mol. The number of fused-ring (bicyclic) bond motifs is 2. The molecule has 32 heavy (non-hydrogen) atoms. The molecule has 3 aromatic rings. The third-order valence-corrected chi connectivity index (χ3v) is 6.54. The summed E-state index contributed by atoms with van der Waals surface area (Å²) in [6.07, 6.45) is 2.89. The van der Waals surface area contributed by atoms with Gasteiger partial charge in [-0.2, -0.15) is 5.10 Å². The van der Waals surface area contributed by atoms with Gasteiger partial charge in [-0.3, -0.25) is 14.3 Å². The van der Waals surface area contributed by atoms with E-state index in [1.165, 1.54) is 28.7 Å². The zero-order valence-electron chi connectivity index (χ0n) is 17.4. The van der Waals surface area contributed by atoms with Crippen molar-refractivity contribution in [1.29, 1.82) is 0 Å². The van der Waals surface area contributed by atoms with Gasteiger partial charge in [-0.05, 0) is 42.5 Å². The largest absolute Gasteiger partial charge is 0.344 e. The topological polar surface area (TPSA) is 67.2 Å². The van der Waals surface area contributed by atoms with Crippen LogP contribution in [-0.4, -0.2) is 33.0 Å². The number of hydrogen-bond donors (Lipinski definition) is 1. The van der Waals surface area contributed by atoms with Crippen LogP contribution in [0.15, 0.2) is 48.5 Å². The van der Waals surface area contributed by atoms with E-state index in [0.717, 1.165) is 24.8 Å². The van der Waals surface area contributed by atoms with Crippen LogP contribution < -0.4 is 5.32 Å². The van der Waals surface area contributed by atoms with Crippen molar-refractivity contribution in [3.63, 3.8) is 0 Å². The third kappa shape index (κ3) is 3.77. The minimum atomic E-state index is -0.447. The summed E-state index contributed by atoms with van der Waals surface area (Å²) in [5.74, 6) is -1.05. The standard InChI is InChI=1S/C24H22ClFN4O2/c25-18-8-4-9-19(26)17(18)14-29-11-12-30-22(24(29)32)13-21(28-30)23(31)27-20-10-3-6-15-5-1-2-7-16(15)20/h1-2,4-5,7-9,13,20H,3,6,10-12,14H2,(H,27,31). The molecule has 1 unspecified atom stereocenters. The maximum Gasteiger partial charge on any atom is 0.272 e. The molecule has 164 valence electrons. The van der Waals surface area contributed by atoms with E-state index in [0.29, 0.717) is 18.8 Å². The van der Waals surface area contributed by atoms with Gasteiger partial charge in [0.05, 0.1) is 19.1 Å². The lowest BCUT2D eigenvalue weighted by molar-refractivity contribution is 0.0681. The first kappa shape index (κ1) is 20.7. The van der Waals surface area contributed by atoms with Gasteiger partial charge in [-0.15, -0.1) is 0 Å². The summed E-state index contributed by atoms with van der Waals surface area (Å²) in [5, 5.41) is 7.71. The first-order valence-corrected chi connectivity index (χ1v) is 11.1. The molecule has 5 rings (SSSR count). The Hall–Kier alpha value is -3.19. The van der Waals surface area contributed by atoms with Crippen LogP contribution in [-0.2, 0) is 19.5 Å². The lowest BCUT2D eigenvalue weighted by atomic mass is 9.87. The van der Waals surface area contributed by atoms with Gasteiger partial charge < -0.3 is 10.2 Å². The first-order valence-electron chi connectivity index (χ1n) is 10.7. The first-order chi connectivity index (χ1) is 15.5. The maximum atomic E-state index is 14.2. The number of nitrogens with zero attached hydrogens (tertiary/aromatic N) is 3. The number of hydrogen-bond acceptors (Lipinski definition) is 3. The Bertz CT molecular complexity index is 1190. The average Bonchev–Trinajstić information content (AvgIpc) is 3.24. The van der Waals surface area contributed by atoms with Crippen LogP contribution in [0.1, 0.15) is 56.6 Å². The number of nitrogens with one attached hydrogen (secondary N) is 1. The molecule has 2 aromatic carbocycles. The van der Waals surface area contributed by atoms with E-state index in [1.807, 2.05) is 18.2 Å². The van der Waals surface area contributed by atoms with Crippen molar-refractivity contribution in [2.75, 3.05) is 6.54 Å². The SMILES string of the molecule is O=C(NC1CCCc2ccccc21)c1cc2n(n1)CCN(Cc1c(F)cccc1Cl)C2=O. The average molecular weight is 453 g/mol. The van der Waals surface area contributed by atoms with E-state index < -0.39 is 5.82 Å². The van der Waals surface area contributed by atoms with E-state index in [9.17, 15) is 14.0 Å². The lowest BCUT2D eigenvalue weighted by Gasteiger charge is -2.27. The molecule has 1 aliphatic carbocycles. The summed E-state index contributed by atoms with van der Waals surface area (Å²) >= 11 is 6.12. The fourth-order valence-corrected chi connectivity index (χ4v) is 4.73. The molecule has 1 aromatic heterocycles. The Morgan fingerprint density at radius 3 is 2.88 bits per heavy atom. The molecular formula is C24H22ClFN4O2. The van der Waals surface area contributed by atoms with Crippen LogP contribution >= 0.6 is 11.6 Å². The van der Waals surface area contributed by atoms with Crippen LogP contribution in [0.4, 0.5) is 4.39 Å². The fourth-order valence-electron chi connectivity index (χ4n) is 4.51. The quantitative estimate of drug-likeness (QED) is 0.647. The molecule has 2 heterocycles. The third-order valence-electron chi connectivity index (χ3n) is 6.19. The summed E-state index contributed by atoms with van der Waals surface area (Å²) in [7, 11) is 0. The number of rotatable bonds is 4. The molecule has 1 N–H and O–H groups in total. The molecule has 0 bridgehead atoms. The van der Waals surface area contributed by atoms with Crippen molar-refractivity contribution < 1.29 is 14.0 Å². The second-order valence-electron chi connectivity index (χ2n) is 8.18. The zero-order valence-corrected chi connectivity index (χ0v) is 18.1. The van der Waals surface area contributed by atoms with E-state index in [-0.39, 0.29) is 40.7 Å². The molecule has 0 saturated heterocycles. The number of carbonyl (C=O) groups excluding carboxylic acids is 2. The van der Waals surface area contributed by atoms with Gasteiger partial charge >= 0.3 is 0 Å². The van der Waals surface area contributed by atoms with Gasteiger partial charge in [-0.25, -0.2) is 4.39 Å². The summed E-state index contributed by atoms with van der Waals surface area (Å²) in [6, 6.07) is 14.0. The Morgan fingerprint density at radius 2 is 2.03 bits per heavy atom. The number of halogens is 2. The minimum absolute atomic E-state index is 0.0654. The molecule has 0 radical (unpaired) electrons. The van der Waals surface area contributed by atoms with Gasteiger partial charge in [0, 0.05) is 23.2 Å². The van der Waals surface area contributed by atoms with Crippen molar-refractivity contribution in [2.24, 2.45) is 0 Å². The summed E-state index contributed by atoms with van der Waals surface area (Å²) in [6.45, 7) is 0.845. The number of aryl methyl sites for hydroxylation is 1. The van der Waals surface area contributed by atoms with Crippen LogP contribution in [0.5, 0.6) is 0 Å². The van der Waals surface area contributed by atoms with Crippen LogP contribution in [0, 0.1) is 5.82 Å². The van der Waals surface area contributed by atoms with E-state index in [1.54, 1.807) is 10.7 Å². The summed E-state index contributed by atoms with van der Waals surface area (Å²) in [4.78, 5) is 27.5. The van der Waals surface area contributed by atoms with Crippen LogP contribution in [0.25, 0.3) is 0 Å². The van der Waals surface area contributed by atoms with Crippen LogP contribution in [0.2, 0.25) is 5.02 Å². The van der Waals surface area contributed by atoms with Crippen molar-refractivity contribution in [2.45, 2.75) is 38.4 Å².